The lowest BCUT2D eigenvalue weighted by atomic mass is 10.0. The predicted octanol–water partition coefficient (Wildman–Crippen LogP) is 2.16. The number of nitrogens with zero attached hydrogens (tertiary/aromatic N) is 1. The summed E-state index contributed by atoms with van der Waals surface area (Å²) in [5.74, 6) is 2.11. The normalized spacial score (nSPS) is 18.2. The minimum atomic E-state index is 0.719. The van der Waals surface area contributed by atoms with E-state index in [1.54, 1.807) is 0 Å². The zero-order valence-corrected chi connectivity index (χ0v) is 10.3. The Labute approximate surface area is 97.8 Å². The molecule has 0 amide bonds. The summed E-state index contributed by atoms with van der Waals surface area (Å²) in [6.45, 7) is 8.60. The number of furan rings is 1. The fourth-order valence-corrected chi connectivity index (χ4v) is 2.44. The van der Waals surface area contributed by atoms with Crippen molar-refractivity contribution in [1.82, 2.24) is 10.2 Å². The molecule has 0 saturated carbocycles. The van der Waals surface area contributed by atoms with E-state index in [-0.39, 0.29) is 0 Å². The minimum absolute atomic E-state index is 0.719. The first-order valence-corrected chi connectivity index (χ1v) is 6.29. The van der Waals surface area contributed by atoms with E-state index in [0.29, 0.717) is 0 Å². The Kier molecular flexibility index (Phi) is 4.02. The van der Waals surface area contributed by atoms with Crippen LogP contribution in [0.4, 0.5) is 0 Å². The maximum absolute atomic E-state index is 5.65. The third-order valence-electron chi connectivity index (χ3n) is 3.39. The molecule has 2 rings (SSSR count). The molecule has 0 bridgehead atoms. The Morgan fingerprint density at radius 3 is 2.69 bits per heavy atom. The molecule has 1 aliphatic rings. The van der Waals surface area contributed by atoms with Gasteiger partial charge in [-0.15, -0.1) is 0 Å². The summed E-state index contributed by atoms with van der Waals surface area (Å²) < 4.78 is 5.65. The Morgan fingerprint density at radius 1 is 1.38 bits per heavy atom. The topological polar surface area (TPSA) is 28.4 Å². The molecule has 1 saturated heterocycles. The lowest BCUT2D eigenvalue weighted by Gasteiger charge is -2.33. The third kappa shape index (κ3) is 2.86. The fourth-order valence-electron chi connectivity index (χ4n) is 2.44. The fraction of sp³-hybridized carbons (Fsp3) is 0.692. The molecule has 3 nitrogen and oxygen atoms in total. The molecule has 1 aliphatic heterocycles. The number of nitrogens with one attached hydrogen (secondary N) is 1. The summed E-state index contributed by atoms with van der Waals surface area (Å²) in [6, 6.07) is 4.86. The van der Waals surface area contributed by atoms with Crippen molar-refractivity contribution in [2.45, 2.75) is 39.3 Å². The second-order valence-electron chi connectivity index (χ2n) is 4.56. The van der Waals surface area contributed by atoms with Gasteiger partial charge < -0.3 is 9.73 Å². The minimum Gasteiger partial charge on any atom is -0.465 e. The average molecular weight is 222 g/mol. The van der Waals surface area contributed by atoms with Crippen molar-refractivity contribution >= 4 is 0 Å². The van der Waals surface area contributed by atoms with Gasteiger partial charge in [0.05, 0.1) is 6.54 Å². The molecule has 0 unspecified atom stereocenters. The Morgan fingerprint density at radius 2 is 2.12 bits per heavy atom. The summed E-state index contributed by atoms with van der Waals surface area (Å²) >= 11 is 0. The van der Waals surface area contributed by atoms with Gasteiger partial charge in [0.25, 0.3) is 0 Å². The maximum atomic E-state index is 5.65. The average Bonchev–Trinajstić information content (AvgIpc) is 2.73. The van der Waals surface area contributed by atoms with E-state index in [1.807, 2.05) is 13.0 Å². The summed E-state index contributed by atoms with van der Waals surface area (Å²) in [6.07, 6.45) is 2.51. The van der Waals surface area contributed by atoms with Crippen LogP contribution < -0.4 is 5.32 Å². The van der Waals surface area contributed by atoms with Crippen molar-refractivity contribution in [3.8, 4) is 0 Å². The van der Waals surface area contributed by atoms with Crippen LogP contribution in [-0.4, -0.2) is 30.6 Å². The predicted molar refractivity (Wildman–Crippen MR) is 65.4 cm³/mol. The molecule has 0 radical (unpaired) electrons. The van der Waals surface area contributed by atoms with Crippen LogP contribution in [0, 0.1) is 6.92 Å². The van der Waals surface area contributed by atoms with Crippen LogP contribution >= 0.6 is 0 Å². The molecule has 2 heterocycles. The van der Waals surface area contributed by atoms with Crippen LogP contribution in [0.5, 0.6) is 0 Å². The molecule has 0 atom stereocenters. The van der Waals surface area contributed by atoms with Crippen molar-refractivity contribution in [2.24, 2.45) is 0 Å². The summed E-state index contributed by atoms with van der Waals surface area (Å²) in [4.78, 5) is 2.53. The van der Waals surface area contributed by atoms with Crippen LogP contribution in [0.25, 0.3) is 0 Å². The number of hydrogen-bond donors (Lipinski definition) is 1. The SMILES string of the molecule is CCN(Cc1ccc(C)o1)C1CCNCC1. The van der Waals surface area contributed by atoms with Crippen LogP contribution in [0.15, 0.2) is 16.5 Å². The van der Waals surface area contributed by atoms with Gasteiger partial charge in [-0.05, 0) is 51.5 Å². The van der Waals surface area contributed by atoms with E-state index < -0.39 is 0 Å². The van der Waals surface area contributed by atoms with Crippen LogP contribution in [-0.2, 0) is 6.54 Å². The molecule has 16 heavy (non-hydrogen) atoms. The smallest absolute Gasteiger partial charge is 0.118 e. The van der Waals surface area contributed by atoms with Gasteiger partial charge in [0.2, 0.25) is 0 Å². The summed E-state index contributed by atoms with van der Waals surface area (Å²) in [5, 5.41) is 3.41. The molecule has 90 valence electrons. The molecule has 1 aromatic heterocycles. The third-order valence-corrected chi connectivity index (χ3v) is 3.39. The van der Waals surface area contributed by atoms with Gasteiger partial charge in [-0.25, -0.2) is 0 Å². The summed E-state index contributed by atoms with van der Waals surface area (Å²) in [5.41, 5.74) is 0. The number of rotatable bonds is 4. The quantitative estimate of drug-likeness (QED) is 0.846. The highest BCUT2D eigenvalue weighted by molar-refractivity contribution is 5.05. The van der Waals surface area contributed by atoms with E-state index in [0.717, 1.165) is 43.7 Å². The van der Waals surface area contributed by atoms with Gasteiger partial charge in [0, 0.05) is 6.04 Å². The Hall–Kier alpha value is -0.800. The van der Waals surface area contributed by atoms with Gasteiger partial charge in [-0.2, -0.15) is 0 Å². The van der Waals surface area contributed by atoms with Crippen molar-refractivity contribution < 1.29 is 4.42 Å². The van der Waals surface area contributed by atoms with E-state index >= 15 is 0 Å². The first-order chi connectivity index (χ1) is 7.79. The van der Waals surface area contributed by atoms with Crippen molar-refractivity contribution in [3.05, 3.63) is 23.7 Å². The molecule has 1 aromatic rings. The van der Waals surface area contributed by atoms with Crippen molar-refractivity contribution in [3.63, 3.8) is 0 Å². The van der Waals surface area contributed by atoms with E-state index in [4.69, 9.17) is 4.42 Å². The number of hydrogen-bond acceptors (Lipinski definition) is 3. The number of aryl methyl sites for hydroxylation is 1. The monoisotopic (exact) mass is 222 g/mol. The molecular weight excluding hydrogens is 200 g/mol. The molecule has 3 heteroatoms. The van der Waals surface area contributed by atoms with Gasteiger partial charge in [0.15, 0.2) is 0 Å². The molecule has 1 N–H and O–H groups in total. The zero-order valence-electron chi connectivity index (χ0n) is 10.3. The molecule has 0 aliphatic carbocycles. The maximum Gasteiger partial charge on any atom is 0.118 e. The molecule has 0 aromatic carbocycles. The zero-order chi connectivity index (χ0) is 11.4. The largest absolute Gasteiger partial charge is 0.465 e. The van der Waals surface area contributed by atoms with Crippen LogP contribution in [0.1, 0.15) is 31.3 Å². The van der Waals surface area contributed by atoms with E-state index in [9.17, 15) is 0 Å². The van der Waals surface area contributed by atoms with Crippen molar-refractivity contribution in [1.29, 1.82) is 0 Å². The lowest BCUT2D eigenvalue weighted by molar-refractivity contribution is 0.151. The van der Waals surface area contributed by atoms with Crippen LogP contribution in [0.3, 0.4) is 0 Å². The van der Waals surface area contributed by atoms with Gasteiger partial charge >= 0.3 is 0 Å². The first kappa shape index (κ1) is 11.7. The van der Waals surface area contributed by atoms with Gasteiger partial charge in [-0.1, -0.05) is 6.92 Å². The molecule has 1 fully saturated rings. The number of piperidine rings is 1. The van der Waals surface area contributed by atoms with Crippen molar-refractivity contribution in [2.75, 3.05) is 19.6 Å². The highest BCUT2D eigenvalue weighted by Gasteiger charge is 2.20. The second-order valence-corrected chi connectivity index (χ2v) is 4.56. The summed E-state index contributed by atoms with van der Waals surface area (Å²) in [7, 11) is 0. The molecular formula is C13H22N2O. The van der Waals surface area contributed by atoms with E-state index in [1.165, 1.54) is 12.8 Å². The highest BCUT2D eigenvalue weighted by Crippen LogP contribution is 2.16. The van der Waals surface area contributed by atoms with Crippen LogP contribution in [0.2, 0.25) is 0 Å². The highest BCUT2D eigenvalue weighted by atomic mass is 16.3. The van der Waals surface area contributed by atoms with Gasteiger partial charge in [-0.3, -0.25) is 4.90 Å². The Balaban J connectivity index is 1.94. The van der Waals surface area contributed by atoms with E-state index in [2.05, 4.69) is 23.2 Å². The molecule has 0 spiro atoms. The standard InChI is InChI=1S/C13H22N2O/c1-3-15(12-6-8-14-9-7-12)10-13-5-4-11(2)16-13/h4-5,12,14H,3,6-10H2,1-2H3. The van der Waals surface area contributed by atoms with Gasteiger partial charge in [0.1, 0.15) is 11.5 Å². The Bertz CT molecular complexity index is 315. The first-order valence-electron chi connectivity index (χ1n) is 6.29. The second kappa shape index (κ2) is 5.51. The lowest BCUT2D eigenvalue weighted by Crippen LogP contribution is -2.42.